The number of anilines is 2. The quantitative estimate of drug-likeness (QED) is 0.424. The maximum Gasteiger partial charge on any atom is 0.162 e. The van der Waals surface area contributed by atoms with Crippen molar-refractivity contribution in [2.24, 2.45) is 0 Å². The van der Waals surface area contributed by atoms with Gasteiger partial charge in [-0.3, -0.25) is 4.98 Å². The van der Waals surface area contributed by atoms with Gasteiger partial charge >= 0.3 is 0 Å². The molecule has 0 bridgehead atoms. The number of nitrogens with two attached hydrogens (primary N) is 1. The van der Waals surface area contributed by atoms with E-state index in [1.807, 2.05) is 32.0 Å². The fourth-order valence-electron chi connectivity index (χ4n) is 2.89. The lowest BCUT2D eigenvalue weighted by atomic mass is 10.2. The Hall–Kier alpha value is -3.22. The molecule has 0 unspecified atom stereocenters. The first kappa shape index (κ1) is 19.5. The number of nitrogen functional groups attached to an aromatic ring is 1. The second-order valence-corrected chi connectivity index (χ2v) is 6.48. The summed E-state index contributed by atoms with van der Waals surface area (Å²) in [6, 6.07) is 7.97. The van der Waals surface area contributed by atoms with E-state index in [9.17, 15) is 5.26 Å². The van der Waals surface area contributed by atoms with Crippen molar-refractivity contribution in [3.63, 3.8) is 0 Å². The number of nitrogens with zero attached hydrogens (tertiary/aromatic N) is 5. The Kier molecular flexibility index (Phi) is 6.03. The SMILES string of the molecule is Cc1nn2c(N)c(C#N)c(NCCc3cccc(CNCCO)n3)nc2c1C. The molecule has 0 fully saturated rings. The molecule has 3 heterocycles. The lowest BCUT2D eigenvalue weighted by molar-refractivity contribution is 0.291. The average Bonchev–Trinajstić information content (AvgIpc) is 2.97. The van der Waals surface area contributed by atoms with Crippen LogP contribution in [0.5, 0.6) is 0 Å². The molecule has 9 nitrogen and oxygen atoms in total. The molecule has 0 atom stereocenters. The van der Waals surface area contributed by atoms with E-state index < -0.39 is 0 Å². The molecule has 0 spiro atoms. The zero-order valence-corrected chi connectivity index (χ0v) is 16.0. The molecule has 9 heteroatoms. The molecule has 3 aromatic rings. The van der Waals surface area contributed by atoms with Gasteiger partial charge in [0.25, 0.3) is 0 Å². The Balaban J connectivity index is 1.73. The highest BCUT2D eigenvalue weighted by molar-refractivity contribution is 5.69. The Labute approximate surface area is 163 Å². The Morgan fingerprint density at radius 2 is 2.00 bits per heavy atom. The van der Waals surface area contributed by atoms with Crippen LogP contribution in [0.3, 0.4) is 0 Å². The van der Waals surface area contributed by atoms with E-state index >= 15 is 0 Å². The van der Waals surface area contributed by atoms with E-state index in [0.29, 0.717) is 37.5 Å². The number of nitrogens with one attached hydrogen (secondary N) is 2. The van der Waals surface area contributed by atoms with E-state index in [2.05, 4.69) is 31.8 Å². The lowest BCUT2D eigenvalue weighted by Gasteiger charge is -2.11. The minimum Gasteiger partial charge on any atom is -0.395 e. The van der Waals surface area contributed by atoms with E-state index in [-0.39, 0.29) is 18.0 Å². The summed E-state index contributed by atoms with van der Waals surface area (Å²) in [6.07, 6.45) is 0.669. The van der Waals surface area contributed by atoms with Gasteiger partial charge in [-0.25, -0.2) is 4.98 Å². The number of hydrogen-bond acceptors (Lipinski definition) is 8. The molecule has 5 N–H and O–H groups in total. The first-order chi connectivity index (χ1) is 13.5. The van der Waals surface area contributed by atoms with Gasteiger partial charge in [-0.05, 0) is 26.0 Å². The molecule has 3 aromatic heterocycles. The molecule has 28 heavy (non-hydrogen) atoms. The second-order valence-electron chi connectivity index (χ2n) is 6.48. The molecular formula is C19H24N8O. The molecule has 146 valence electrons. The number of fused-ring (bicyclic) bond motifs is 1. The van der Waals surface area contributed by atoms with Crippen molar-refractivity contribution in [2.45, 2.75) is 26.8 Å². The van der Waals surface area contributed by atoms with Crippen LogP contribution < -0.4 is 16.4 Å². The first-order valence-corrected chi connectivity index (χ1v) is 9.11. The van der Waals surface area contributed by atoms with Crippen LogP contribution in [0.1, 0.15) is 28.2 Å². The number of aliphatic hydroxyl groups is 1. The fourth-order valence-corrected chi connectivity index (χ4v) is 2.89. The molecule has 0 aromatic carbocycles. The van der Waals surface area contributed by atoms with Crippen LogP contribution in [0.25, 0.3) is 5.65 Å². The third-order valence-corrected chi connectivity index (χ3v) is 4.51. The van der Waals surface area contributed by atoms with Crippen molar-refractivity contribution in [1.29, 1.82) is 5.26 Å². The standard InChI is InChI=1S/C19H24N8O/c1-12-13(2)26-27-17(21)16(10-20)18(25-19(12)27)23-7-6-14-4-3-5-15(24-14)11-22-8-9-28/h3-5,22,28H,6-9,11,21H2,1-2H3,(H,23,25). The molecule has 0 saturated heterocycles. The van der Waals surface area contributed by atoms with E-state index in [1.54, 1.807) is 0 Å². The summed E-state index contributed by atoms with van der Waals surface area (Å²) in [5, 5.41) is 29.0. The minimum atomic E-state index is 0.0987. The van der Waals surface area contributed by atoms with Crippen LogP contribution in [0, 0.1) is 25.2 Å². The van der Waals surface area contributed by atoms with Gasteiger partial charge in [-0.15, -0.1) is 0 Å². The van der Waals surface area contributed by atoms with Crippen LogP contribution >= 0.6 is 0 Å². The summed E-state index contributed by atoms with van der Waals surface area (Å²) in [4.78, 5) is 9.15. The number of aliphatic hydroxyl groups excluding tert-OH is 1. The van der Waals surface area contributed by atoms with Crippen LogP contribution in [0.15, 0.2) is 18.2 Å². The van der Waals surface area contributed by atoms with Gasteiger partial charge in [0.05, 0.1) is 18.0 Å². The monoisotopic (exact) mass is 380 g/mol. The summed E-state index contributed by atoms with van der Waals surface area (Å²) in [7, 11) is 0. The van der Waals surface area contributed by atoms with E-state index in [0.717, 1.165) is 22.6 Å². The van der Waals surface area contributed by atoms with E-state index in [4.69, 9.17) is 10.8 Å². The zero-order chi connectivity index (χ0) is 20.1. The smallest absolute Gasteiger partial charge is 0.162 e. The van der Waals surface area contributed by atoms with Gasteiger partial charge in [0, 0.05) is 37.3 Å². The highest BCUT2D eigenvalue weighted by atomic mass is 16.3. The van der Waals surface area contributed by atoms with Crippen molar-refractivity contribution in [3.05, 3.63) is 46.4 Å². The van der Waals surface area contributed by atoms with Gasteiger partial charge in [-0.2, -0.15) is 14.9 Å². The predicted octanol–water partition coefficient (Wildman–Crippen LogP) is 0.932. The zero-order valence-electron chi connectivity index (χ0n) is 16.0. The summed E-state index contributed by atoms with van der Waals surface area (Å²) >= 11 is 0. The number of aryl methyl sites for hydroxylation is 2. The molecule has 0 amide bonds. The van der Waals surface area contributed by atoms with Gasteiger partial charge in [0.1, 0.15) is 23.3 Å². The molecule has 0 radical (unpaired) electrons. The largest absolute Gasteiger partial charge is 0.395 e. The predicted molar refractivity (Wildman–Crippen MR) is 107 cm³/mol. The molecule has 0 aliphatic heterocycles. The van der Waals surface area contributed by atoms with Gasteiger partial charge in [0.15, 0.2) is 5.65 Å². The molecule has 0 saturated carbocycles. The Morgan fingerprint density at radius 1 is 1.21 bits per heavy atom. The number of pyridine rings is 1. The average molecular weight is 380 g/mol. The van der Waals surface area contributed by atoms with Gasteiger partial charge in [0.2, 0.25) is 0 Å². The third-order valence-electron chi connectivity index (χ3n) is 4.51. The summed E-state index contributed by atoms with van der Waals surface area (Å²) < 4.78 is 1.51. The normalized spacial score (nSPS) is 10.9. The number of nitriles is 1. The van der Waals surface area contributed by atoms with Crippen LogP contribution in [0.4, 0.5) is 11.6 Å². The second kappa shape index (κ2) is 8.65. The first-order valence-electron chi connectivity index (χ1n) is 9.11. The van der Waals surface area contributed by atoms with Crippen LogP contribution in [-0.4, -0.2) is 44.4 Å². The Morgan fingerprint density at radius 3 is 2.75 bits per heavy atom. The maximum absolute atomic E-state index is 9.50. The van der Waals surface area contributed by atoms with Crippen molar-refractivity contribution in [2.75, 3.05) is 30.7 Å². The summed E-state index contributed by atoms with van der Waals surface area (Å²) in [5.74, 6) is 0.734. The third kappa shape index (κ3) is 4.03. The summed E-state index contributed by atoms with van der Waals surface area (Å²) in [5.41, 5.74) is 10.7. The Bertz CT molecular complexity index is 1020. The van der Waals surface area contributed by atoms with Crippen molar-refractivity contribution < 1.29 is 5.11 Å². The highest BCUT2D eigenvalue weighted by Gasteiger charge is 2.16. The van der Waals surface area contributed by atoms with Crippen molar-refractivity contribution in [1.82, 2.24) is 24.9 Å². The molecule has 0 aliphatic rings. The van der Waals surface area contributed by atoms with Gasteiger partial charge < -0.3 is 21.5 Å². The number of rotatable bonds is 8. The van der Waals surface area contributed by atoms with Crippen LogP contribution in [0.2, 0.25) is 0 Å². The van der Waals surface area contributed by atoms with Crippen molar-refractivity contribution >= 4 is 17.3 Å². The maximum atomic E-state index is 9.50. The van der Waals surface area contributed by atoms with Gasteiger partial charge in [-0.1, -0.05) is 6.07 Å². The molecular weight excluding hydrogens is 356 g/mol. The van der Waals surface area contributed by atoms with E-state index in [1.165, 1.54) is 4.52 Å². The number of aromatic nitrogens is 4. The molecule has 3 rings (SSSR count). The van der Waals surface area contributed by atoms with Crippen LogP contribution in [-0.2, 0) is 13.0 Å². The minimum absolute atomic E-state index is 0.0987. The lowest BCUT2D eigenvalue weighted by Crippen LogP contribution is -2.18. The topological polar surface area (TPSA) is 137 Å². The van der Waals surface area contributed by atoms with Crippen molar-refractivity contribution in [3.8, 4) is 6.07 Å². The molecule has 0 aliphatic carbocycles. The fraction of sp³-hybridized carbons (Fsp3) is 0.368. The summed E-state index contributed by atoms with van der Waals surface area (Å²) in [6.45, 7) is 5.62. The number of hydrogen-bond donors (Lipinski definition) is 4. The highest BCUT2D eigenvalue weighted by Crippen LogP contribution is 2.24.